The summed E-state index contributed by atoms with van der Waals surface area (Å²) >= 11 is 0.954. The van der Waals surface area contributed by atoms with Crippen molar-refractivity contribution in [2.75, 3.05) is 0 Å². The Hall–Kier alpha value is -2.34. The van der Waals surface area contributed by atoms with Gasteiger partial charge in [-0.2, -0.15) is 0 Å². The zero-order valence-corrected chi connectivity index (χ0v) is 10.5. The second-order valence-corrected chi connectivity index (χ2v) is 4.53. The Morgan fingerprint density at radius 2 is 1.68 bits per heavy atom. The average molecular weight is 275 g/mol. The average Bonchev–Trinajstić information content (AvgIpc) is 2.40. The first-order valence-electron chi connectivity index (χ1n) is 5.34. The number of ether oxygens (including phenoxy) is 1. The van der Waals surface area contributed by atoms with Crippen molar-refractivity contribution in [3.8, 4) is 5.75 Å². The van der Waals surface area contributed by atoms with Crippen LogP contribution in [0.5, 0.6) is 5.75 Å². The number of carbonyl (C=O) groups is 1. The molecule has 2 rings (SSSR count). The fourth-order valence-corrected chi connectivity index (χ4v) is 1.96. The molecule has 0 spiro atoms. The van der Waals surface area contributed by atoms with Gasteiger partial charge in [-0.3, -0.25) is 10.1 Å². The van der Waals surface area contributed by atoms with Gasteiger partial charge in [-0.1, -0.05) is 18.2 Å². The summed E-state index contributed by atoms with van der Waals surface area (Å²) in [5.41, 5.74) is -0.0458. The molecule has 0 unspecified atom stereocenters. The van der Waals surface area contributed by atoms with E-state index in [1.807, 2.05) is 18.2 Å². The quantitative estimate of drug-likeness (QED) is 0.368. The van der Waals surface area contributed by atoms with Crippen LogP contribution in [0.25, 0.3) is 0 Å². The second kappa shape index (κ2) is 6.01. The summed E-state index contributed by atoms with van der Waals surface area (Å²) in [5, 5.41) is 9.98. The van der Waals surface area contributed by atoms with Crippen LogP contribution < -0.4 is 4.74 Å². The molecule has 0 aliphatic heterocycles. The molecule has 0 aliphatic carbocycles. The number of thioether (sulfide) groups is 1. The molecule has 0 radical (unpaired) electrons. The number of nitro benzene ring substituents is 1. The molecule has 5 nitrogen and oxygen atoms in total. The Bertz CT molecular complexity index is 583. The Morgan fingerprint density at radius 3 is 2.26 bits per heavy atom. The van der Waals surface area contributed by atoms with Crippen molar-refractivity contribution in [3.63, 3.8) is 0 Å². The highest BCUT2D eigenvalue weighted by Crippen LogP contribution is 2.23. The van der Waals surface area contributed by atoms with Crippen LogP contribution in [0.3, 0.4) is 0 Å². The number of nitrogens with zero attached hydrogens (tertiary/aromatic N) is 1. The Balaban J connectivity index is 1.97. The van der Waals surface area contributed by atoms with Gasteiger partial charge in [-0.05, 0) is 36.0 Å². The maximum absolute atomic E-state index is 11.6. The molecule has 0 bridgehead atoms. The highest BCUT2D eigenvalue weighted by atomic mass is 32.2. The third-order valence-corrected chi connectivity index (χ3v) is 2.95. The molecule has 0 N–H and O–H groups in total. The molecule has 0 heterocycles. The standard InChI is InChI=1S/C13H9NO4S/c15-13(19-12-4-2-1-3-5-12)18-11-8-6-10(7-9-11)14(16)17/h1-9H. The Labute approximate surface area is 113 Å². The van der Waals surface area contributed by atoms with Gasteiger partial charge in [-0.25, -0.2) is 4.79 Å². The van der Waals surface area contributed by atoms with Crippen molar-refractivity contribution in [3.05, 3.63) is 64.7 Å². The molecule has 2 aromatic carbocycles. The van der Waals surface area contributed by atoms with E-state index in [0.717, 1.165) is 16.7 Å². The third kappa shape index (κ3) is 3.82. The van der Waals surface area contributed by atoms with E-state index in [2.05, 4.69) is 0 Å². The smallest absolute Gasteiger partial charge is 0.377 e. The number of non-ortho nitro benzene ring substituents is 1. The molecule has 0 fully saturated rings. The lowest BCUT2D eigenvalue weighted by Gasteiger charge is -2.03. The van der Waals surface area contributed by atoms with Crippen molar-refractivity contribution in [2.45, 2.75) is 4.90 Å². The Morgan fingerprint density at radius 1 is 1.05 bits per heavy atom. The van der Waals surface area contributed by atoms with Crippen LogP contribution in [-0.4, -0.2) is 10.2 Å². The largest absolute Gasteiger partial charge is 0.418 e. The van der Waals surface area contributed by atoms with E-state index in [1.54, 1.807) is 12.1 Å². The van der Waals surface area contributed by atoms with Crippen LogP contribution in [0.1, 0.15) is 0 Å². The molecule has 0 saturated heterocycles. The highest BCUT2D eigenvalue weighted by molar-refractivity contribution is 8.13. The van der Waals surface area contributed by atoms with Gasteiger partial charge in [0.05, 0.1) is 4.92 Å². The number of hydrogen-bond acceptors (Lipinski definition) is 5. The highest BCUT2D eigenvalue weighted by Gasteiger charge is 2.09. The molecule has 19 heavy (non-hydrogen) atoms. The molecule has 0 amide bonds. The van der Waals surface area contributed by atoms with Crippen molar-refractivity contribution in [1.82, 2.24) is 0 Å². The van der Waals surface area contributed by atoms with Gasteiger partial charge in [0.15, 0.2) is 0 Å². The molecule has 0 aliphatic rings. The second-order valence-electron chi connectivity index (χ2n) is 3.52. The number of nitro groups is 1. The summed E-state index contributed by atoms with van der Waals surface area (Å²) in [7, 11) is 0. The van der Waals surface area contributed by atoms with E-state index in [0.29, 0.717) is 0 Å². The van der Waals surface area contributed by atoms with Crippen molar-refractivity contribution < 1.29 is 14.5 Å². The van der Waals surface area contributed by atoms with Gasteiger partial charge in [0.25, 0.3) is 5.69 Å². The van der Waals surface area contributed by atoms with Crippen molar-refractivity contribution in [2.24, 2.45) is 0 Å². The van der Waals surface area contributed by atoms with Gasteiger partial charge >= 0.3 is 5.30 Å². The molecule has 96 valence electrons. The van der Waals surface area contributed by atoms with Gasteiger partial charge in [0, 0.05) is 17.0 Å². The lowest BCUT2D eigenvalue weighted by atomic mass is 10.3. The Kier molecular flexibility index (Phi) is 4.15. The van der Waals surface area contributed by atoms with Crippen LogP contribution in [0, 0.1) is 10.1 Å². The molecule has 0 aromatic heterocycles. The summed E-state index contributed by atoms with van der Waals surface area (Å²) < 4.78 is 5.05. The normalized spacial score (nSPS) is 9.89. The topological polar surface area (TPSA) is 69.4 Å². The van der Waals surface area contributed by atoms with E-state index in [1.165, 1.54) is 24.3 Å². The number of rotatable bonds is 3. The predicted octanol–water partition coefficient (Wildman–Crippen LogP) is 3.89. The van der Waals surface area contributed by atoms with Crippen molar-refractivity contribution >= 4 is 22.8 Å². The van der Waals surface area contributed by atoms with E-state index in [-0.39, 0.29) is 11.4 Å². The molecule has 0 atom stereocenters. The SMILES string of the molecule is O=C(Oc1ccc([N+](=O)[O-])cc1)Sc1ccccc1. The fourth-order valence-electron chi connectivity index (χ4n) is 1.34. The summed E-state index contributed by atoms with van der Waals surface area (Å²) in [6, 6.07) is 14.4. The van der Waals surface area contributed by atoms with E-state index in [9.17, 15) is 14.9 Å². The molecule has 0 saturated carbocycles. The van der Waals surface area contributed by atoms with Gasteiger partial charge in [0.1, 0.15) is 5.75 Å². The fraction of sp³-hybridized carbons (Fsp3) is 0. The predicted molar refractivity (Wildman–Crippen MR) is 71.4 cm³/mol. The summed E-state index contributed by atoms with van der Waals surface area (Å²) in [4.78, 5) is 22.3. The van der Waals surface area contributed by atoms with Gasteiger partial charge < -0.3 is 4.74 Å². The van der Waals surface area contributed by atoms with Crippen LogP contribution in [0.4, 0.5) is 10.5 Å². The van der Waals surface area contributed by atoms with Gasteiger partial charge in [0.2, 0.25) is 0 Å². The maximum Gasteiger partial charge on any atom is 0.377 e. The van der Waals surface area contributed by atoms with E-state index in [4.69, 9.17) is 4.74 Å². The van der Waals surface area contributed by atoms with Crippen LogP contribution in [0.2, 0.25) is 0 Å². The molecule has 6 heteroatoms. The van der Waals surface area contributed by atoms with Crippen molar-refractivity contribution in [1.29, 1.82) is 0 Å². The minimum atomic E-state index is -0.510. The lowest BCUT2D eigenvalue weighted by molar-refractivity contribution is -0.384. The first kappa shape index (κ1) is 13.1. The minimum Gasteiger partial charge on any atom is -0.418 e. The van der Waals surface area contributed by atoms with Gasteiger partial charge in [-0.15, -0.1) is 0 Å². The van der Waals surface area contributed by atoms with Crippen LogP contribution in [0.15, 0.2) is 59.5 Å². The van der Waals surface area contributed by atoms with Crippen LogP contribution >= 0.6 is 11.8 Å². The number of benzene rings is 2. The monoisotopic (exact) mass is 275 g/mol. The zero-order valence-electron chi connectivity index (χ0n) is 9.68. The minimum absolute atomic E-state index is 0.0458. The lowest BCUT2D eigenvalue weighted by Crippen LogP contribution is -2.00. The molecular weight excluding hydrogens is 266 g/mol. The molecular formula is C13H9NO4S. The van der Waals surface area contributed by atoms with E-state index < -0.39 is 10.2 Å². The summed E-state index contributed by atoms with van der Waals surface area (Å²) in [5.74, 6) is 0.277. The maximum atomic E-state index is 11.6. The zero-order chi connectivity index (χ0) is 13.7. The summed E-state index contributed by atoms with van der Waals surface area (Å²) in [6.07, 6.45) is 0. The number of carbonyl (C=O) groups excluding carboxylic acids is 1. The molecule has 2 aromatic rings. The number of hydrogen-bond donors (Lipinski definition) is 0. The first-order valence-corrected chi connectivity index (χ1v) is 6.16. The van der Waals surface area contributed by atoms with E-state index >= 15 is 0 Å². The summed E-state index contributed by atoms with van der Waals surface area (Å²) in [6.45, 7) is 0. The van der Waals surface area contributed by atoms with Crippen LogP contribution in [-0.2, 0) is 0 Å². The first-order chi connectivity index (χ1) is 9.15. The third-order valence-electron chi connectivity index (χ3n) is 2.19.